The van der Waals surface area contributed by atoms with Crippen LogP contribution in [0.5, 0.6) is 0 Å². The summed E-state index contributed by atoms with van der Waals surface area (Å²) < 4.78 is 1.09. The van der Waals surface area contributed by atoms with Crippen molar-refractivity contribution in [2.75, 3.05) is 4.90 Å². The molecule has 0 unspecified atom stereocenters. The highest BCUT2D eigenvalue weighted by molar-refractivity contribution is 9.10. The Kier molecular flexibility index (Phi) is 6.69. The molecule has 5 aromatic carbocycles. The lowest BCUT2D eigenvalue weighted by molar-refractivity contribution is 1.28. The Morgan fingerprint density at radius 2 is 0.794 bits per heavy atom. The van der Waals surface area contributed by atoms with Gasteiger partial charge in [-0.2, -0.15) is 0 Å². The maximum absolute atomic E-state index is 3.48. The van der Waals surface area contributed by atoms with Gasteiger partial charge in [0.2, 0.25) is 0 Å². The van der Waals surface area contributed by atoms with Crippen molar-refractivity contribution in [1.82, 2.24) is 0 Å². The number of anilines is 3. The standard InChI is InChI=1S/C32H24BrN/c33-29-21-15-26(16-22-29)12-11-25-13-17-27(18-14-25)28-19-23-32(24-20-28)34(30-7-3-1-4-8-30)31-9-5-2-6-10-31/h1-24H. The van der Waals surface area contributed by atoms with E-state index in [0.29, 0.717) is 0 Å². The first kappa shape index (κ1) is 21.9. The largest absolute Gasteiger partial charge is 0.311 e. The number of rotatable bonds is 6. The van der Waals surface area contributed by atoms with Crippen molar-refractivity contribution >= 4 is 45.1 Å². The molecule has 0 saturated heterocycles. The topological polar surface area (TPSA) is 3.24 Å². The third kappa shape index (κ3) is 5.19. The van der Waals surface area contributed by atoms with Crippen molar-refractivity contribution in [3.63, 3.8) is 0 Å². The minimum absolute atomic E-state index is 1.09. The molecule has 0 aromatic heterocycles. The van der Waals surface area contributed by atoms with Crippen LogP contribution in [0.4, 0.5) is 17.1 Å². The van der Waals surface area contributed by atoms with Crippen LogP contribution >= 0.6 is 15.9 Å². The van der Waals surface area contributed by atoms with Crippen molar-refractivity contribution in [1.29, 1.82) is 0 Å². The summed E-state index contributed by atoms with van der Waals surface area (Å²) in [7, 11) is 0. The van der Waals surface area contributed by atoms with Crippen molar-refractivity contribution in [3.8, 4) is 11.1 Å². The first-order chi connectivity index (χ1) is 16.8. The summed E-state index contributed by atoms with van der Waals surface area (Å²) in [5, 5.41) is 0. The van der Waals surface area contributed by atoms with Gasteiger partial charge in [-0.25, -0.2) is 0 Å². The molecule has 0 atom stereocenters. The van der Waals surface area contributed by atoms with E-state index in [9.17, 15) is 0 Å². The fourth-order valence-electron chi connectivity index (χ4n) is 3.96. The highest BCUT2D eigenvalue weighted by atomic mass is 79.9. The predicted molar refractivity (Wildman–Crippen MR) is 150 cm³/mol. The van der Waals surface area contributed by atoms with Crippen LogP contribution in [0, 0.1) is 0 Å². The molecule has 0 amide bonds. The number of nitrogens with zero attached hydrogens (tertiary/aromatic N) is 1. The Bertz CT molecular complexity index is 1320. The number of para-hydroxylation sites is 2. The molecule has 0 aliphatic carbocycles. The van der Waals surface area contributed by atoms with Crippen molar-refractivity contribution < 1.29 is 0 Å². The Hall–Kier alpha value is -3.88. The van der Waals surface area contributed by atoms with Gasteiger partial charge in [-0.3, -0.25) is 0 Å². The molecule has 1 nitrogen and oxygen atoms in total. The van der Waals surface area contributed by atoms with Crippen LogP contribution in [0.15, 0.2) is 138 Å². The van der Waals surface area contributed by atoms with Gasteiger partial charge >= 0.3 is 0 Å². The van der Waals surface area contributed by atoms with Gasteiger partial charge in [0.1, 0.15) is 0 Å². The van der Waals surface area contributed by atoms with E-state index in [0.717, 1.165) is 21.5 Å². The third-order valence-corrected chi connectivity index (χ3v) is 6.27. The Morgan fingerprint density at radius 1 is 0.412 bits per heavy atom. The minimum atomic E-state index is 1.09. The molecule has 0 bridgehead atoms. The van der Waals surface area contributed by atoms with Crippen LogP contribution < -0.4 is 4.90 Å². The van der Waals surface area contributed by atoms with Gasteiger partial charge in [0.05, 0.1) is 0 Å². The summed E-state index contributed by atoms with van der Waals surface area (Å²) in [5.41, 5.74) is 8.19. The van der Waals surface area contributed by atoms with Crippen molar-refractivity contribution in [3.05, 3.63) is 149 Å². The van der Waals surface area contributed by atoms with E-state index in [4.69, 9.17) is 0 Å². The summed E-state index contributed by atoms with van der Waals surface area (Å²) in [5.74, 6) is 0. The van der Waals surface area contributed by atoms with Crippen LogP contribution in [0.25, 0.3) is 23.3 Å². The second-order valence-corrected chi connectivity index (χ2v) is 8.98. The van der Waals surface area contributed by atoms with Gasteiger partial charge < -0.3 is 4.90 Å². The van der Waals surface area contributed by atoms with Gasteiger partial charge in [0, 0.05) is 21.5 Å². The van der Waals surface area contributed by atoms with Gasteiger partial charge in [-0.1, -0.05) is 113 Å². The van der Waals surface area contributed by atoms with Crippen LogP contribution in [0.2, 0.25) is 0 Å². The molecule has 0 fully saturated rings. The van der Waals surface area contributed by atoms with Crippen LogP contribution in [-0.2, 0) is 0 Å². The minimum Gasteiger partial charge on any atom is -0.311 e. The number of halogens is 1. The monoisotopic (exact) mass is 501 g/mol. The molecular formula is C32H24BrN. The van der Waals surface area contributed by atoms with Crippen LogP contribution in [-0.4, -0.2) is 0 Å². The summed E-state index contributed by atoms with van der Waals surface area (Å²) >= 11 is 3.48. The highest BCUT2D eigenvalue weighted by Gasteiger charge is 2.11. The molecule has 0 saturated carbocycles. The molecule has 0 spiro atoms. The molecule has 5 aromatic rings. The quantitative estimate of drug-likeness (QED) is 0.209. The normalized spacial score (nSPS) is 11.0. The van der Waals surface area contributed by atoms with E-state index in [1.807, 2.05) is 12.1 Å². The van der Waals surface area contributed by atoms with E-state index in [1.165, 1.54) is 22.3 Å². The van der Waals surface area contributed by atoms with E-state index >= 15 is 0 Å². The molecule has 2 heteroatoms. The van der Waals surface area contributed by atoms with Crippen LogP contribution in [0.1, 0.15) is 11.1 Å². The summed E-state index contributed by atoms with van der Waals surface area (Å²) in [6.07, 6.45) is 4.28. The average Bonchev–Trinajstić information content (AvgIpc) is 2.91. The third-order valence-electron chi connectivity index (χ3n) is 5.74. The van der Waals surface area contributed by atoms with E-state index in [-0.39, 0.29) is 0 Å². The lowest BCUT2D eigenvalue weighted by Gasteiger charge is -2.25. The molecule has 0 aliphatic heterocycles. The van der Waals surface area contributed by atoms with E-state index in [1.54, 1.807) is 0 Å². The van der Waals surface area contributed by atoms with Crippen molar-refractivity contribution in [2.45, 2.75) is 0 Å². The van der Waals surface area contributed by atoms with Crippen molar-refractivity contribution in [2.24, 2.45) is 0 Å². The summed E-state index contributed by atoms with van der Waals surface area (Å²) in [6, 6.07) is 46.8. The maximum atomic E-state index is 3.48. The first-order valence-corrected chi connectivity index (χ1v) is 12.1. The molecule has 0 heterocycles. The smallest absolute Gasteiger partial charge is 0.0462 e. The lowest BCUT2D eigenvalue weighted by Crippen LogP contribution is -2.09. The molecular weight excluding hydrogens is 478 g/mol. The molecule has 5 rings (SSSR count). The highest BCUT2D eigenvalue weighted by Crippen LogP contribution is 2.35. The van der Waals surface area contributed by atoms with E-state index in [2.05, 4.69) is 154 Å². The molecule has 0 radical (unpaired) electrons. The van der Waals surface area contributed by atoms with Gasteiger partial charge in [0.25, 0.3) is 0 Å². The molecule has 164 valence electrons. The zero-order valence-electron chi connectivity index (χ0n) is 18.7. The fraction of sp³-hybridized carbons (Fsp3) is 0. The zero-order valence-corrected chi connectivity index (χ0v) is 20.3. The zero-order chi connectivity index (χ0) is 23.2. The Morgan fingerprint density at radius 3 is 1.26 bits per heavy atom. The summed E-state index contributed by atoms with van der Waals surface area (Å²) in [4.78, 5) is 2.28. The van der Waals surface area contributed by atoms with Gasteiger partial charge in [-0.15, -0.1) is 0 Å². The molecule has 0 N–H and O–H groups in total. The Labute approximate surface area is 209 Å². The average molecular weight is 502 g/mol. The second-order valence-electron chi connectivity index (χ2n) is 8.06. The van der Waals surface area contributed by atoms with E-state index < -0.39 is 0 Å². The fourth-order valence-corrected chi connectivity index (χ4v) is 4.22. The van der Waals surface area contributed by atoms with Gasteiger partial charge in [0.15, 0.2) is 0 Å². The SMILES string of the molecule is Brc1ccc(C=Cc2ccc(-c3ccc(N(c4ccccc4)c4ccccc4)cc3)cc2)cc1. The molecule has 0 aliphatic rings. The van der Waals surface area contributed by atoms with Gasteiger partial charge in [-0.05, 0) is 70.8 Å². The Balaban J connectivity index is 1.37. The predicted octanol–water partition coefficient (Wildman–Crippen LogP) is 9.76. The summed E-state index contributed by atoms with van der Waals surface area (Å²) in [6.45, 7) is 0. The second kappa shape index (κ2) is 10.4. The maximum Gasteiger partial charge on any atom is 0.0462 e. The number of hydrogen-bond donors (Lipinski definition) is 0. The van der Waals surface area contributed by atoms with Crippen LogP contribution in [0.3, 0.4) is 0 Å². The lowest BCUT2D eigenvalue weighted by atomic mass is 10.0. The molecule has 34 heavy (non-hydrogen) atoms. The number of hydrogen-bond acceptors (Lipinski definition) is 1. The number of benzene rings is 5. The first-order valence-electron chi connectivity index (χ1n) is 11.3.